The van der Waals surface area contributed by atoms with Crippen LogP contribution in [0.15, 0.2) is 23.8 Å². The zero-order valence-electron chi connectivity index (χ0n) is 48.3. The summed E-state index contributed by atoms with van der Waals surface area (Å²) in [7, 11) is 11.3. The molecule has 8 N–H and O–H groups in total. The van der Waals surface area contributed by atoms with E-state index in [0.717, 1.165) is 18.9 Å². The highest BCUT2D eigenvalue weighted by Gasteiger charge is 2.55. The summed E-state index contributed by atoms with van der Waals surface area (Å²) in [5, 5.41) is 63.0. The van der Waals surface area contributed by atoms with Gasteiger partial charge in [0.1, 0.15) is 54.9 Å². The van der Waals surface area contributed by atoms with E-state index in [2.05, 4.69) is 39.8 Å². The van der Waals surface area contributed by atoms with Crippen LogP contribution >= 0.6 is 65.8 Å². The number of thioether (sulfide) groups is 1. The van der Waals surface area contributed by atoms with Crippen LogP contribution in [0, 0.1) is 40.1 Å². The molecule has 84 heavy (non-hydrogen) atoms. The minimum absolute atomic E-state index is 0.0287. The van der Waals surface area contributed by atoms with Crippen molar-refractivity contribution >= 4 is 82.8 Å². The molecule has 6 aliphatic rings. The molecule has 21 atom stereocenters. The second kappa shape index (κ2) is 31.7. The smallest absolute Gasteiger partial charge is 0.407 e. The van der Waals surface area contributed by atoms with Crippen LogP contribution in [0.2, 0.25) is 0 Å². The molecule has 5 fully saturated rings. The minimum Gasteiger partial charge on any atom is -0.492 e. The van der Waals surface area contributed by atoms with Gasteiger partial charge >= 0.3 is 6.09 Å². The third-order valence-electron chi connectivity index (χ3n) is 15.2. The zero-order valence-corrected chi connectivity index (χ0v) is 53.7. The predicted molar refractivity (Wildman–Crippen MR) is 320 cm³/mol. The van der Waals surface area contributed by atoms with Crippen LogP contribution in [0.25, 0.3) is 0 Å². The van der Waals surface area contributed by atoms with E-state index in [4.69, 9.17) is 61.7 Å². The lowest BCUT2D eigenvalue weighted by atomic mass is 9.68. The van der Waals surface area contributed by atoms with E-state index >= 15 is 0 Å². The Kier molecular flexibility index (Phi) is 25.9. The average Bonchev–Trinajstić information content (AvgIpc) is 2.46. The Hall–Kier alpha value is -2.68. The topological polar surface area (TPSA) is 308 Å². The summed E-state index contributed by atoms with van der Waals surface area (Å²) in [6.45, 7) is 9.54. The van der Waals surface area contributed by atoms with Crippen LogP contribution in [-0.2, 0) is 52.3 Å². The number of amides is 1. The molecule has 1 amide bonds. The summed E-state index contributed by atoms with van der Waals surface area (Å²) < 4.78 is 72.9. The summed E-state index contributed by atoms with van der Waals surface area (Å²) in [5.74, 6) is 10.5. The maximum absolute atomic E-state index is 14.4. The molecule has 24 nitrogen and oxygen atoms in total. The van der Waals surface area contributed by atoms with Gasteiger partial charge in [-0.25, -0.2) is 4.79 Å². The standard InChI is InChI=1S/C55H76IN3O21S4/c1-12-57-30-23-73-24-34(44(30)68-6)77-48-42(63)39(26(3)75-53(48)78-33-17-15-13-14-16-19-55(67)22-32(61)40(58-54(66)72-10)37(33)29(55)18-20-82-84-81-11)59-80-35-21-31(60)50(28(5)74-35)83-51(65)36-25(2)38(56)46(49(71-9)45(36)69-7)79-52-43(64)47(70-8)41(62)27(4)76-52/h13-14,18,26-28,30-31,33-35,37,39-44,47-48,50,52-53,57,59-60,62-64,67H,12,20-24H2,1-11H3,(H,58,66)/b14-13-,29-18+/t26?,27?,28?,30?,31?,33-,34?,35?,37?,39?,40?,41?,42?,43?,44?,47?,48?,50?,52?,53?,55-/m0/s1. The van der Waals surface area contributed by atoms with Gasteiger partial charge in [0.25, 0.3) is 0 Å². The molecule has 2 aliphatic carbocycles. The van der Waals surface area contributed by atoms with Gasteiger partial charge in [-0.15, -0.1) is 0 Å². The zero-order chi connectivity index (χ0) is 61.2. The molecule has 1 saturated carbocycles. The molecule has 19 unspecified atom stereocenters. The van der Waals surface area contributed by atoms with Gasteiger partial charge in [-0.2, -0.15) is 5.48 Å². The number of ether oxygens (including phenoxy) is 12. The van der Waals surface area contributed by atoms with Gasteiger partial charge in [0, 0.05) is 32.3 Å². The van der Waals surface area contributed by atoms with Crippen LogP contribution in [-0.4, -0.2) is 231 Å². The maximum Gasteiger partial charge on any atom is 0.407 e. The van der Waals surface area contributed by atoms with E-state index in [1.807, 2.05) is 35.8 Å². The number of ketones is 1. The molecule has 2 bridgehead atoms. The van der Waals surface area contributed by atoms with Crippen molar-refractivity contribution < 1.29 is 102 Å². The molecule has 4 aliphatic heterocycles. The Balaban J connectivity index is 1.12. The number of aliphatic hydroxyl groups is 5. The van der Waals surface area contributed by atoms with Crippen LogP contribution in [0.3, 0.4) is 0 Å². The number of carbonyl (C=O) groups excluding carboxylic acids is 3. The number of nitrogens with one attached hydrogen (secondary N) is 3. The van der Waals surface area contributed by atoms with Crippen LogP contribution < -0.4 is 30.3 Å². The summed E-state index contributed by atoms with van der Waals surface area (Å²) in [6, 6.07) is -2.72. The number of hydroxylamine groups is 1. The molecule has 29 heteroatoms. The third-order valence-corrected chi connectivity index (χ3v) is 21.6. The predicted octanol–water partition coefficient (Wildman–Crippen LogP) is 2.58. The Labute approximate surface area is 518 Å². The number of methoxy groups -OCH3 is 5. The number of likely N-dealkylation sites (N-methyl/N-ethyl adjacent to an activating group) is 1. The van der Waals surface area contributed by atoms with Gasteiger partial charge in [-0.3, -0.25) is 14.4 Å². The molecule has 0 spiro atoms. The summed E-state index contributed by atoms with van der Waals surface area (Å²) in [5.41, 5.74) is 1.76. The highest BCUT2D eigenvalue weighted by molar-refractivity contribution is 14.1. The van der Waals surface area contributed by atoms with Crippen molar-refractivity contribution in [2.24, 2.45) is 5.92 Å². The fraction of sp³-hybridized carbons (Fsp3) is 0.691. The Bertz CT molecular complexity index is 2630. The number of Topliss-reactive ketones (excluding diaryl/α,β-unsaturated/α-hetero) is 1. The van der Waals surface area contributed by atoms with Gasteiger partial charge in [0.05, 0.1) is 91.8 Å². The molecule has 7 rings (SSSR count). The molecule has 0 radical (unpaired) electrons. The molecule has 1 aromatic rings. The van der Waals surface area contributed by atoms with Crippen LogP contribution in [0.4, 0.5) is 4.79 Å². The number of hydrogen-bond donors (Lipinski definition) is 8. The summed E-state index contributed by atoms with van der Waals surface area (Å²) >= 11 is 2.83. The second-order valence-electron chi connectivity index (χ2n) is 20.4. The van der Waals surface area contributed by atoms with E-state index in [1.165, 1.54) is 64.9 Å². The van der Waals surface area contributed by atoms with E-state index in [0.29, 0.717) is 28.0 Å². The summed E-state index contributed by atoms with van der Waals surface area (Å²) in [4.78, 5) is 47.7. The molecular weight excluding hydrogens is 1290 g/mol. The lowest BCUT2D eigenvalue weighted by molar-refractivity contribution is -0.326. The number of allylic oxidation sites excluding steroid dienone is 2. The number of rotatable bonds is 22. The van der Waals surface area contributed by atoms with E-state index in [-0.39, 0.29) is 47.5 Å². The monoisotopic (exact) mass is 1370 g/mol. The van der Waals surface area contributed by atoms with E-state index < -0.39 is 144 Å². The van der Waals surface area contributed by atoms with Crippen molar-refractivity contribution in [2.45, 2.75) is 169 Å². The van der Waals surface area contributed by atoms with E-state index in [9.17, 15) is 39.9 Å². The molecule has 468 valence electrons. The van der Waals surface area contributed by atoms with Crippen LogP contribution in [0.5, 0.6) is 17.2 Å². The maximum atomic E-state index is 14.4. The molecule has 4 heterocycles. The van der Waals surface area contributed by atoms with Crippen molar-refractivity contribution in [3.8, 4) is 40.9 Å². The highest BCUT2D eigenvalue weighted by Crippen LogP contribution is 2.49. The number of alkyl carbamates (subject to hydrolysis) is 1. The Morgan fingerprint density at radius 3 is 2.26 bits per heavy atom. The average molecular weight is 1370 g/mol. The number of halogens is 1. The first-order valence-corrected chi connectivity index (χ1v) is 33.1. The number of hydrogen-bond acceptors (Lipinski definition) is 27. The normalized spacial score (nSPS) is 37.6. The Morgan fingerprint density at radius 2 is 1.60 bits per heavy atom. The quantitative estimate of drug-likeness (QED) is 0.0207. The lowest BCUT2D eigenvalue weighted by Crippen LogP contribution is -2.67. The third kappa shape index (κ3) is 15.7. The first kappa shape index (κ1) is 68.8. The molecule has 0 aromatic heterocycles. The second-order valence-corrected chi connectivity index (χ2v) is 27.0. The molecular formula is C55H76IN3O21S4. The van der Waals surface area contributed by atoms with Gasteiger partial charge < -0.3 is 93.0 Å². The fourth-order valence-corrected chi connectivity index (χ4v) is 15.2. The lowest BCUT2D eigenvalue weighted by Gasteiger charge is -2.48. The van der Waals surface area contributed by atoms with Crippen molar-refractivity contribution in [3.63, 3.8) is 0 Å². The van der Waals surface area contributed by atoms with Gasteiger partial charge in [0.15, 0.2) is 35.5 Å². The van der Waals surface area contributed by atoms with Gasteiger partial charge in [0.2, 0.25) is 17.2 Å². The van der Waals surface area contributed by atoms with Crippen molar-refractivity contribution in [3.05, 3.63) is 38.5 Å². The highest BCUT2D eigenvalue weighted by atomic mass is 127. The fourth-order valence-electron chi connectivity index (χ4n) is 11.0. The van der Waals surface area contributed by atoms with Crippen LogP contribution in [0.1, 0.15) is 56.5 Å². The largest absolute Gasteiger partial charge is 0.492 e. The molecule has 1 aromatic carbocycles. The minimum atomic E-state index is -2.00. The van der Waals surface area contributed by atoms with E-state index in [1.54, 1.807) is 40.9 Å². The number of carbonyl (C=O) groups is 3. The number of aliphatic hydroxyl groups excluding tert-OH is 4. The van der Waals surface area contributed by atoms with Gasteiger partial charge in [-0.05, 0) is 96.2 Å². The van der Waals surface area contributed by atoms with Crippen molar-refractivity contribution in [1.82, 2.24) is 16.1 Å². The van der Waals surface area contributed by atoms with Crippen molar-refractivity contribution in [1.29, 1.82) is 0 Å². The SMILES string of the molecule is CCNC1COCC(OC2C(O[C@H]3C#C/C=C\C#C[C@]4(O)CC(=O)C(NC(=O)OC)C3/C4=C\CSSSC)OC(C)C(NOC3CC(O)C(SC(=O)c4c(C)c(I)c(OC5OC(C)C(O)C(OC)C5O)c(OC)c4OC)C(C)O3)C2O)C1OC. The summed E-state index contributed by atoms with van der Waals surface area (Å²) in [6.07, 6.45) is -11.7. The first-order chi connectivity index (χ1) is 40.2. The number of fused-ring (bicyclic) bond motifs is 2. The molecule has 4 saturated heterocycles. The van der Waals surface area contributed by atoms with Crippen molar-refractivity contribution in [2.75, 3.05) is 67.3 Å². The van der Waals surface area contributed by atoms with Gasteiger partial charge in [-0.1, -0.05) is 70.0 Å². The Morgan fingerprint density at radius 1 is 0.881 bits per heavy atom. The number of benzene rings is 1. The first-order valence-electron chi connectivity index (χ1n) is 27.1.